The Labute approximate surface area is 135 Å². The summed E-state index contributed by atoms with van der Waals surface area (Å²) in [6.07, 6.45) is 4.00. The molecular formula is C17H22N2O4. The number of methoxy groups -OCH3 is 1. The lowest BCUT2D eigenvalue weighted by Crippen LogP contribution is -2.11. The Morgan fingerprint density at radius 2 is 2.13 bits per heavy atom. The predicted octanol–water partition coefficient (Wildman–Crippen LogP) is 3.78. The molecule has 0 spiro atoms. The van der Waals surface area contributed by atoms with Crippen LogP contribution < -0.4 is 9.47 Å². The first-order valence-corrected chi connectivity index (χ1v) is 8.08. The highest BCUT2D eigenvalue weighted by Crippen LogP contribution is 2.34. The standard InChI is InChI=1S/C17H22N2O4/c1-3-9-21-13-8-7-12(11-15(13)20-2)16-18-19-17(23-16)14-6-4-5-10-22-14/h7-8,11,14H,3-6,9-10H2,1-2H3/t14-/m0/s1. The van der Waals surface area contributed by atoms with Crippen LogP contribution in [0.15, 0.2) is 22.6 Å². The average molecular weight is 318 g/mol. The molecular weight excluding hydrogens is 296 g/mol. The van der Waals surface area contributed by atoms with Crippen LogP contribution in [0, 0.1) is 0 Å². The van der Waals surface area contributed by atoms with Gasteiger partial charge in [-0.3, -0.25) is 0 Å². The lowest BCUT2D eigenvalue weighted by molar-refractivity contribution is -0.00126. The molecule has 0 radical (unpaired) electrons. The fourth-order valence-electron chi connectivity index (χ4n) is 2.55. The summed E-state index contributed by atoms with van der Waals surface area (Å²) in [5.74, 6) is 2.39. The number of benzene rings is 1. The van der Waals surface area contributed by atoms with Gasteiger partial charge in [-0.25, -0.2) is 0 Å². The molecule has 6 nitrogen and oxygen atoms in total. The summed E-state index contributed by atoms with van der Waals surface area (Å²) >= 11 is 0. The molecule has 0 N–H and O–H groups in total. The fraction of sp³-hybridized carbons (Fsp3) is 0.529. The molecule has 1 saturated heterocycles. The van der Waals surface area contributed by atoms with Crippen molar-refractivity contribution in [1.29, 1.82) is 0 Å². The Balaban J connectivity index is 1.79. The van der Waals surface area contributed by atoms with Crippen molar-refractivity contribution in [3.63, 3.8) is 0 Å². The number of rotatable bonds is 6. The molecule has 1 aromatic carbocycles. The minimum absolute atomic E-state index is 0.0842. The maximum atomic E-state index is 5.79. The van der Waals surface area contributed by atoms with Gasteiger partial charge in [-0.05, 0) is 43.9 Å². The first-order chi connectivity index (χ1) is 11.3. The van der Waals surface area contributed by atoms with Gasteiger partial charge in [-0.1, -0.05) is 6.92 Å². The van der Waals surface area contributed by atoms with Crippen LogP contribution >= 0.6 is 0 Å². The topological polar surface area (TPSA) is 66.6 Å². The van der Waals surface area contributed by atoms with E-state index < -0.39 is 0 Å². The van der Waals surface area contributed by atoms with E-state index in [-0.39, 0.29) is 6.10 Å². The number of hydrogen-bond acceptors (Lipinski definition) is 6. The van der Waals surface area contributed by atoms with Gasteiger partial charge >= 0.3 is 0 Å². The Morgan fingerprint density at radius 3 is 2.87 bits per heavy atom. The van der Waals surface area contributed by atoms with Crippen LogP contribution in [0.4, 0.5) is 0 Å². The lowest BCUT2D eigenvalue weighted by atomic mass is 10.1. The van der Waals surface area contributed by atoms with Gasteiger partial charge in [0, 0.05) is 12.2 Å². The van der Waals surface area contributed by atoms with E-state index in [2.05, 4.69) is 17.1 Å². The number of hydrogen-bond donors (Lipinski definition) is 0. The first-order valence-electron chi connectivity index (χ1n) is 8.08. The van der Waals surface area contributed by atoms with Crippen molar-refractivity contribution >= 4 is 0 Å². The third kappa shape index (κ3) is 3.64. The smallest absolute Gasteiger partial charge is 0.248 e. The molecule has 1 aromatic heterocycles. The number of ether oxygens (including phenoxy) is 3. The molecule has 3 rings (SSSR count). The van der Waals surface area contributed by atoms with E-state index in [1.807, 2.05) is 18.2 Å². The van der Waals surface area contributed by atoms with Gasteiger partial charge < -0.3 is 18.6 Å². The average Bonchev–Trinajstić information content (AvgIpc) is 3.10. The van der Waals surface area contributed by atoms with Gasteiger partial charge in [0.15, 0.2) is 11.5 Å². The summed E-state index contributed by atoms with van der Waals surface area (Å²) in [5.41, 5.74) is 0.806. The zero-order chi connectivity index (χ0) is 16.1. The first kappa shape index (κ1) is 15.8. The number of nitrogens with zero attached hydrogens (tertiary/aromatic N) is 2. The zero-order valence-corrected chi connectivity index (χ0v) is 13.6. The second kappa shape index (κ2) is 7.46. The van der Waals surface area contributed by atoms with Crippen molar-refractivity contribution in [2.24, 2.45) is 0 Å². The molecule has 0 unspecified atom stereocenters. The van der Waals surface area contributed by atoms with E-state index in [1.54, 1.807) is 7.11 Å². The molecule has 1 aliphatic rings. The minimum Gasteiger partial charge on any atom is -0.493 e. The molecule has 6 heteroatoms. The van der Waals surface area contributed by atoms with Crippen LogP contribution in [0.1, 0.15) is 44.6 Å². The molecule has 23 heavy (non-hydrogen) atoms. The Morgan fingerprint density at radius 1 is 1.22 bits per heavy atom. The molecule has 2 aromatic rings. The van der Waals surface area contributed by atoms with E-state index in [4.69, 9.17) is 18.6 Å². The molecule has 124 valence electrons. The van der Waals surface area contributed by atoms with E-state index in [9.17, 15) is 0 Å². The van der Waals surface area contributed by atoms with E-state index >= 15 is 0 Å². The lowest BCUT2D eigenvalue weighted by Gasteiger charge is -2.18. The summed E-state index contributed by atoms with van der Waals surface area (Å²) in [7, 11) is 1.62. The largest absolute Gasteiger partial charge is 0.493 e. The van der Waals surface area contributed by atoms with Gasteiger partial charge in [-0.15, -0.1) is 10.2 Å². The van der Waals surface area contributed by atoms with Gasteiger partial charge in [-0.2, -0.15) is 0 Å². The molecule has 0 aliphatic carbocycles. The van der Waals surface area contributed by atoms with E-state index in [0.717, 1.165) is 37.9 Å². The predicted molar refractivity (Wildman–Crippen MR) is 84.6 cm³/mol. The van der Waals surface area contributed by atoms with Crippen LogP contribution in [0.25, 0.3) is 11.5 Å². The maximum absolute atomic E-state index is 5.79. The van der Waals surface area contributed by atoms with E-state index in [1.165, 1.54) is 0 Å². The Bertz CT molecular complexity index is 635. The van der Waals surface area contributed by atoms with Crippen molar-refractivity contribution < 1.29 is 18.6 Å². The highest BCUT2D eigenvalue weighted by Gasteiger charge is 2.22. The van der Waals surface area contributed by atoms with Crippen LogP contribution in [-0.2, 0) is 4.74 Å². The molecule has 1 atom stereocenters. The van der Waals surface area contributed by atoms with Crippen LogP contribution in [0.3, 0.4) is 0 Å². The third-order valence-corrected chi connectivity index (χ3v) is 3.77. The Kier molecular flexibility index (Phi) is 5.12. The SMILES string of the molecule is CCCOc1ccc(-c2nnc([C@@H]3CCCCO3)o2)cc1OC. The second-order valence-electron chi connectivity index (χ2n) is 5.51. The van der Waals surface area contributed by atoms with Crippen LogP contribution in [-0.4, -0.2) is 30.5 Å². The van der Waals surface area contributed by atoms with Crippen molar-refractivity contribution in [3.05, 3.63) is 24.1 Å². The van der Waals surface area contributed by atoms with Crippen molar-refractivity contribution in [2.75, 3.05) is 20.3 Å². The molecule has 0 bridgehead atoms. The van der Waals surface area contributed by atoms with Gasteiger partial charge in [0.1, 0.15) is 6.10 Å². The van der Waals surface area contributed by atoms with Gasteiger partial charge in [0.25, 0.3) is 0 Å². The maximum Gasteiger partial charge on any atom is 0.248 e. The van der Waals surface area contributed by atoms with Crippen molar-refractivity contribution in [2.45, 2.75) is 38.7 Å². The summed E-state index contributed by atoms with van der Waals surface area (Å²) in [5, 5.41) is 8.27. The highest BCUT2D eigenvalue weighted by molar-refractivity contribution is 5.59. The summed E-state index contributed by atoms with van der Waals surface area (Å²) < 4.78 is 22.5. The monoisotopic (exact) mass is 318 g/mol. The summed E-state index contributed by atoms with van der Waals surface area (Å²) in [6.45, 7) is 3.47. The molecule has 2 heterocycles. The van der Waals surface area contributed by atoms with Crippen LogP contribution in [0.2, 0.25) is 0 Å². The van der Waals surface area contributed by atoms with E-state index in [0.29, 0.717) is 29.9 Å². The molecule has 0 amide bonds. The zero-order valence-electron chi connectivity index (χ0n) is 13.6. The van der Waals surface area contributed by atoms with Gasteiger partial charge in [0.05, 0.1) is 13.7 Å². The molecule has 0 saturated carbocycles. The van der Waals surface area contributed by atoms with Crippen molar-refractivity contribution in [3.8, 4) is 23.0 Å². The fourth-order valence-corrected chi connectivity index (χ4v) is 2.55. The summed E-state index contributed by atoms with van der Waals surface area (Å²) in [4.78, 5) is 0. The number of aromatic nitrogens is 2. The molecule has 1 fully saturated rings. The normalized spacial score (nSPS) is 17.9. The van der Waals surface area contributed by atoms with Crippen LogP contribution in [0.5, 0.6) is 11.5 Å². The minimum atomic E-state index is -0.0842. The third-order valence-electron chi connectivity index (χ3n) is 3.77. The highest BCUT2D eigenvalue weighted by atomic mass is 16.5. The second-order valence-corrected chi connectivity index (χ2v) is 5.51. The Hall–Kier alpha value is -2.08. The quantitative estimate of drug-likeness (QED) is 0.807. The molecule has 1 aliphatic heterocycles. The van der Waals surface area contributed by atoms with Gasteiger partial charge in [0.2, 0.25) is 11.8 Å². The van der Waals surface area contributed by atoms with Crippen molar-refractivity contribution in [1.82, 2.24) is 10.2 Å². The summed E-state index contributed by atoms with van der Waals surface area (Å²) in [6, 6.07) is 5.61.